The maximum absolute atomic E-state index is 12.5. The molecule has 4 fully saturated rings. The monoisotopic (exact) mass is 312 g/mol. The Labute approximate surface area is 137 Å². The van der Waals surface area contributed by atoms with Gasteiger partial charge in [0.2, 0.25) is 5.91 Å². The van der Waals surface area contributed by atoms with Crippen molar-refractivity contribution in [3.8, 4) is 0 Å². The molecule has 5 rings (SSSR count). The summed E-state index contributed by atoms with van der Waals surface area (Å²) in [5.41, 5.74) is 2.37. The molecular weight excluding hydrogens is 294 g/mol. The molecule has 4 aliphatic rings. The molecule has 5 heteroatoms. The Morgan fingerprint density at radius 2 is 1.77 bits per heavy atom. The van der Waals surface area contributed by atoms with Crippen LogP contribution in [0.5, 0.6) is 0 Å². The zero-order valence-corrected chi connectivity index (χ0v) is 13.1. The molecule has 1 aromatic rings. The summed E-state index contributed by atoms with van der Waals surface area (Å²) in [6.45, 7) is 3.37. The van der Waals surface area contributed by atoms with Crippen molar-refractivity contribution < 1.29 is 4.79 Å². The highest BCUT2D eigenvalue weighted by Crippen LogP contribution is 2.47. The first-order chi connectivity index (χ1) is 10.6. The molecule has 0 aromatic heterocycles. The standard InChI is InChI=1S/C17H18BClN2O/c18-16(17(22)20-14-3-1-13(19)2-4-14)15-11-5-10-6-12(15)9-21(7-10)8-11/h1-4,10-12H,5-9H2,(H,20,22). The highest BCUT2D eigenvalue weighted by Gasteiger charge is 2.45. The molecule has 3 saturated heterocycles. The first-order valence-corrected chi connectivity index (χ1v) is 8.26. The lowest BCUT2D eigenvalue weighted by Crippen LogP contribution is -2.55. The zero-order valence-electron chi connectivity index (χ0n) is 12.4. The van der Waals surface area contributed by atoms with Crippen LogP contribution in [-0.4, -0.2) is 38.3 Å². The molecule has 2 radical (unpaired) electrons. The average molecular weight is 313 g/mol. The van der Waals surface area contributed by atoms with Crippen LogP contribution in [0.15, 0.2) is 35.3 Å². The molecule has 1 aromatic carbocycles. The predicted octanol–water partition coefficient (Wildman–Crippen LogP) is 2.67. The Balaban J connectivity index is 1.56. The first kappa shape index (κ1) is 14.3. The molecule has 1 saturated carbocycles. The number of hydrogen-bond acceptors (Lipinski definition) is 2. The zero-order chi connectivity index (χ0) is 15.3. The molecular formula is C17H18BClN2O. The number of benzene rings is 1. The van der Waals surface area contributed by atoms with Crippen LogP contribution in [0.2, 0.25) is 5.02 Å². The normalized spacial score (nSPS) is 32.1. The number of carbonyl (C=O) groups is 1. The highest BCUT2D eigenvalue weighted by atomic mass is 35.5. The smallest absolute Gasteiger partial charge is 0.241 e. The second-order valence-corrected chi connectivity index (χ2v) is 7.22. The van der Waals surface area contributed by atoms with Gasteiger partial charge in [0, 0.05) is 30.3 Å². The quantitative estimate of drug-likeness (QED) is 0.672. The largest absolute Gasteiger partial charge is 0.323 e. The van der Waals surface area contributed by atoms with Gasteiger partial charge in [-0.05, 0) is 60.3 Å². The third-order valence-corrected chi connectivity index (χ3v) is 5.50. The van der Waals surface area contributed by atoms with Crippen molar-refractivity contribution in [2.75, 3.05) is 25.0 Å². The molecule has 112 valence electrons. The Hall–Kier alpha value is -1.26. The van der Waals surface area contributed by atoms with Gasteiger partial charge >= 0.3 is 0 Å². The van der Waals surface area contributed by atoms with Crippen molar-refractivity contribution in [3.63, 3.8) is 0 Å². The fraction of sp³-hybridized carbons (Fsp3) is 0.471. The third-order valence-electron chi connectivity index (χ3n) is 5.25. The summed E-state index contributed by atoms with van der Waals surface area (Å²) in [7, 11) is 6.24. The minimum absolute atomic E-state index is 0.181. The van der Waals surface area contributed by atoms with Gasteiger partial charge in [0.1, 0.15) is 7.85 Å². The third kappa shape index (κ3) is 2.48. The number of amides is 1. The van der Waals surface area contributed by atoms with Crippen LogP contribution < -0.4 is 5.32 Å². The second kappa shape index (κ2) is 5.43. The van der Waals surface area contributed by atoms with Crippen molar-refractivity contribution in [1.82, 2.24) is 4.90 Å². The van der Waals surface area contributed by atoms with E-state index >= 15 is 0 Å². The predicted molar refractivity (Wildman–Crippen MR) is 89.0 cm³/mol. The molecule has 2 atom stereocenters. The Morgan fingerprint density at radius 3 is 2.36 bits per heavy atom. The molecule has 3 aliphatic heterocycles. The lowest BCUT2D eigenvalue weighted by molar-refractivity contribution is -0.112. The van der Waals surface area contributed by atoms with E-state index in [-0.39, 0.29) is 5.91 Å². The van der Waals surface area contributed by atoms with Crippen LogP contribution in [0.3, 0.4) is 0 Å². The summed E-state index contributed by atoms with van der Waals surface area (Å²) in [5.74, 6) is 1.57. The molecule has 0 spiro atoms. The van der Waals surface area contributed by atoms with Crippen molar-refractivity contribution in [2.24, 2.45) is 17.8 Å². The Bertz CT molecular complexity index is 611. The van der Waals surface area contributed by atoms with Crippen molar-refractivity contribution in [2.45, 2.75) is 12.8 Å². The Kier molecular flexibility index (Phi) is 3.54. The molecule has 1 amide bonds. The van der Waals surface area contributed by atoms with Gasteiger partial charge in [0.15, 0.2) is 0 Å². The number of nitrogens with zero attached hydrogens (tertiary/aromatic N) is 1. The number of halogens is 1. The number of anilines is 1. The van der Waals surface area contributed by atoms with Gasteiger partial charge < -0.3 is 10.2 Å². The molecule has 22 heavy (non-hydrogen) atoms. The molecule has 1 N–H and O–H groups in total. The van der Waals surface area contributed by atoms with Crippen LogP contribution in [0, 0.1) is 17.8 Å². The summed E-state index contributed by atoms with van der Waals surface area (Å²) in [5, 5.41) is 3.54. The number of nitrogens with one attached hydrogen (secondary N) is 1. The minimum Gasteiger partial charge on any atom is -0.323 e. The van der Waals surface area contributed by atoms with E-state index in [0.29, 0.717) is 22.3 Å². The van der Waals surface area contributed by atoms with E-state index in [9.17, 15) is 4.79 Å². The Morgan fingerprint density at radius 1 is 1.14 bits per heavy atom. The lowest BCUT2D eigenvalue weighted by Gasteiger charge is -2.53. The number of hydrogen-bond donors (Lipinski definition) is 1. The fourth-order valence-electron chi connectivity index (χ4n) is 4.50. The van der Waals surface area contributed by atoms with Crippen molar-refractivity contribution >= 4 is 31.0 Å². The van der Waals surface area contributed by atoms with Crippen LogP contribution >= 0.6 is 11.6 Å². The van der Waals surface area contributed by atoms with Crippen molar-refractivity contribution in [1.29, 1.82) is 0 Å². The van der Waals surface area contributed by atoms with Crippen LogP contribution in [0.1, 0.15) is 12.8 Å². The highest BCUT2D eigenvalue weighted by molar-refractivity contribution is 6.39. The first-order valence-electron chi connectivity index (χ1n) is 7.89. The minimum atomic E-state index is -0.181. The van der Waals surface area contributed by atoms with E-state index in [0.717, 1.165) is 24.7 Å². The lowest BCUT2D eigenvalue weighted by atomic mass is 9.62. The van der Waals surface area contributed by atoms with Crippen LogP contribution in [0.4, 0.5) is 5.69 Å². The summed E-state index contributed by atoms with van der Waals surface area (Å²) in [6, 6.07) is 7.11. The van der Waals surface area contributed by atoms with Gasteiger partial charge in [-0.15, -0.1) is 0 Å². The summed E-state index contributed by atoms with van der Waals surface area (Å²) in [6.07, 6.45) is 2.38. The van der Waals surface area contributed by atoms with Crippen molar-refractivity contribution in [3.05, 3.63) is 40.3 Å². The van der Waals surface area contributed by atoms with E-state index < -0.39 is 0 Å². The van der Waals surface area contributed by atoms with Gasteiger partial charge in [0.05, 0.1) is 0 Å². The van der Waals surface area contributed by atoms with E-state index in [2.05, 4.69) is 10.2 Å². The summed E-state index contributed by atoms with van der Waals surface area (Å²) < 4.78 is 0. The SMILES string of the molecule is [B]C(C(=O)Nc1ccc(Cl)cc1)=C1C2CC3CC1CN(C3)C2. The molecule has 4 bridgehead atoms. The van der Waals surface area contributed by atoms with Gasteiger partial charge in [-0.3, -0.25) is 4.79 Å². The molecule has 3 nitrogen and oxygen atoms in total. The fourth-order valence-corrected chi connectivity index (χ4v) is 4.62. The number of carbonyl (C=O) groups excluding carboxylic acids is 1. The van der Waals surface area contributed by atoms with E-state index in [1.807, 2.05) is 0 Å². The topological polar surface area (TPSA) is 32.3 Å². The van der Waals surface area contributed by atoms with Gasteiger partial charge in [-0.25, -0.2) is 0 Å². The molecule has 3 heterocycles. The van der Waals surface area contributed by atoms with Crippen LogP contribution in [-0.2, 0) is 4.79 Å². The second-order valence-electron chi connectivity index (χ2n) is 6.78. The van der Waals surface area contributed by atoms with E-state index in [1.165, 1.54) is 25.0 Å². The maximum atomic E-state index is 12.5. The van der Waals surface area contributed by atoms with Gasteiger partial charge in [0.25, 0.3) is 0 Å². The number of piperidine rings is 3. The van der Waals surface area contributed by atoms with Gasteiger partial charge in [-0.2, -0.15) is 0 Å². The van der Waals surface area contributed by atoms with E-state index in [1.54, 1.807) is 24.3 Å². The summed E-state index contributed by atoms with van der Waals surface area (Å²) >= 11 is 5.86. The maximum Gasteiger partial charge on any atom is 0.241 e. The van der Waals surface area contributed by atoms with E-state index in [4.69, 9.17) is 19.4 Å². The molecule has 2 unspecified atom stereocenters. The average Bonchev–Trinajstić information content (AvgIpc) is 2.48. The van der Waals surface area contributed by atoms with Crippen LogP contribution in [0.25, 0.3) is 0 Å². The summed E-state index contributed by atoms with van der Waals surface area (Å²) in [4.78, 5) is 15.0. The number of rotatable bonds is 2. The van der Waals surface area contributed by atoms with Gasteiger partial charge in [-0.1, -0.05) is 17.2 Å². The molecule has 1 aliphatic carbocycles.